The molecule has 0 aromatic rings. The summed E-state index contributed by atoms with van der Waals surface area (Å²) in [5, 5.41) is 8.11. The average molecular weight is 156 g/mol. The first-order valence-electron chi connectivity index (χ1n) is 2.95. The molecule has 0 heterocycles. The Morgan fingerprint density at radius 2 is 1.82 bits per heavy atom. The van der Waals surface area contributed by atoms with Gasteiger partial charge in [0.05, 0.1) is 6.42 Å². The number of ketones is 2. The Balaban J connectivity index is 3.78. The van der Waals surface area contributed by atoms with Gasteiger partial charge in [0.1, 0.15) is 6.42 Å². The number of carboxylic acid groups (broad SMARTS) is 1. The third-order valence-corrected chi connectivity index (χ3v) is 0.947. The van der Waals surface area contributed by atoms with E-state index in [0.717, 1.165) is 6.08 Å². The highest BCUT2D eigenvalue weighted by Crippen LogP contribution is 1.91. The summed E-state index contributed by atoms with van der Waals surface area (Å²) in [6.07, 6.45) is 0.0368. The SMILES string of the molecule is C=CC(=O)CC(=O)CC(=O)O. The van der Waals surface area contributed by atoms with Crippen molar-refractivity contribution in [2.45, 2.75) is 12.8 Å². The van der Waals surface area contributed by atoms with Gasteiger partial charge in [-0.1, -0.05) is 6.58 Å². The summed E-state index contributed by atoms with van der Waals surface area (Å²) >= 11 is 0. The van der Waals surface area contributed by atoms with E-state index in [1.54, 1.807) is 0 Å². The minimum absolute atomic E-state index is 0.365. The number of Topliss-reactive ketones (excluding diaryl/α,β-unsaturated/α-hetero) is 1. The topological polar surface area (TPSA) is 71.4 Å². The molecule has 1 N–H and O–H groups in total. The minimum atomic E-state index is -1.22. The summed E-state index contributed by atoms with van der Waals surface area (Å²) < 4.78 is 0. The van der Waals surface area contributed by atoms with Crippen molar-refractivity contribution in [2.24, 2.45) is 0 Å². The smallest absolute Gasteiger partial charge is 0.310 e. The van der Waals surface area contributed by atoms with E-state index in [1.807, 2.05) is 0 Å². The summed E-state index contributed by atoms with van der Waals surface area (Å²) in [6, 6.07) is 0. The molecule has 0 bridgehead atoms. The lowest BCUT2D eigenvalue weighted by Gasteiger charge is -1.91. The Hall–Kier alpha value is -1.45. The van der Waals surface area contributed by atoms with Gasteiger partial charge in [-0.3, -0.25) is 14.4 Å². The number of carbonyl (C=O) groups excluding carboxylic acids is 2. The molecule has 4 nitrogen and oxygen atoms in total. The van der Waals surface area contributed by atoms with E-state index in [9.17, 15) is 14.4 Å². The zero-order valence-corrected chi connectivity index (χ0v) is 5.87. The fourth-order valence-corrected chi connectivity index (χ4v) is 0.498. The van der Waals surface area contributed by atoms with Crippen molar-refractivity contribution < 1.29 is 19.5 Å². The number of carbonyl (C=O) groups is 3. The molecule has 0 aromatic carbocycles. The summed E-state index contributed by atoms with van der Waals surface area (Å²) in [6.45, 7) is 3.14. The monoisotopic (exact) mass is 156 g/mol. The molecule has 0 saturated heterocycles. The second-order valence-corrected chi connectivity index (χ2v) is 1.96. The second-order valence-electron chi connectivity index (χ2n) is 1.96. The van der Waals surface area contributed by atoms with Crippen LogP contribution in [0.4, 0.5) is 0 Å². The molecule has 0 unspecified atom stereocenters. The molecule has 0 spiro atoms. The van der Waals surface area contributed by atoms with Crippen LogP contribution in [0.25, 0.3) is 0 Å². The third kappa shape index (κ3) is 5.02. The number of aliphatic carboxylic acids is 1. The molecule has 0 saturated carbocycles. The van der Waals surface area contributed by atoms with Crippen LogP contribution in [0.2, 0.25) is 0 Å². The van der Waals surface area contributed by atoms with E-state index in [2.05, 4.69) is 6.58 Å². The average Bonchev–Trinajstić information content (AvgIpc) is 1.85. The molecule has 11 heavy (non-hydrogen) atoms. The van der Waals surface area contributed by atoms with Gasteiger partial charge in [-0.15, -0.1) is 0 Å². The van der Waals surface area contributed by atoms with E-state index < -0.39 is 24.0 Å². The van der Waals surface area contributed by atoms with Crippen LogP contribution in [0.15, 0.2) is 12.7 Å². The van der Waals surface area contributed by atoms with Gasteiger partial charge in [0.25, 0.3) is 0 Å². The number of hydrogen-bond acceptors (Lipinski definition) is 3. The Bertz CT molecular complexity index is 204. The molecule has 0 atom stereocenters. The van der Waals surface area contributed by atoms with Crippen molar-refractivity contribution in [1.29, 1.82) is 0 Å². The number of hydrogen-bond donors (Lipinski definition) is 1. The fourth-order valence-electron chi connectivity index (χ4n) is 0.498. The number of allylic oxidation sites excluding steroid dienone is 1. The lowest BCUT2D eigenvalue weighted by Crippen LogP contribution is -2.10. The normalized spacial score (nSPS) is 8.73. The molecule has 60 valence electrons. The highest BCUT2D eigenvalue weighted by atomic mass is 16.4. The molecule has 4 heteroatoms. The van der Waals surface area contributed by atoms with E-state index in [-0.39, 0.29) is 6.42 Å². The highest BCUT2D eigenvalue weighted by Gasteiger charge is 2.09. The molecule has 0 fully saturated rings. The standard InChI is InChI=1S/C7H8O4/c1-2-5(8)3-6(9)4-7(10)11/h2H,1,3-4H2,(H,10,11). The lowest BCUT2D eigenvalue weighted by atomic mass is 10.1. The van der Waals surface area contributed by atoms with Gasteiger partial charge in [-0.05, 0) is 6.08 Å². The molecule has 0 amide bonds. The maximum Gasteiger partial charge on any atom is 0.310 e. The van der Waals surface area contributed by atoms with Crippen LogP contribution in [-0.4, -0.2) is 22.6 Å². The molecule has 0 aromatic heterocycles. The van der Waals surface area contributed by atoms with Crippen LogP contribution < -0.4 is 0 Å². The fraction of sp³-hybridized carbons (Fsp3) is 0.286. The maximum atomic E-state index is 10.6. The van der Waals surface area contributed by atoms with E-state index in [0.29, 0.717) is 0 Å². The van der Waals surface area contributed by atoms with Crippen molar-refractivity contribution in [3.63, 3.8) is 0 Å². The van der Waals surface area contributed by atoms with Crippen LogP contribution in [0.5, 0.6) is 0 Å². The predicted molar refractivity (Wildman–Crippen MR) is 37.1 cm³/mol. The quantitative estimate of drug-likeness (QED) is 0.455. The number of carboxylic acids is 1. The molecule has 0 aliphatic carbocycles. The van der Waals surface area contributed by atoms with Gasteiger partial charge in [-0.2, -0.15) is 0 Å². The van der Waals surface area contributed by atoms with Crippen LogP contribution in [0.3, 0.4) is 0 Å². The molecular weight excluding hydrogens is 148 g/mol. The third-order valence-electron chi connectivity index (χ3n) is 0.947. The van der Waals surface area contributed by atoms with Gasteiger partial charge in [-0.25, -0.2) is 0 Å². The highest BCUT2D eigenvalue weighted by molar-refractivity contribution is 6.08. The van der Waals surface area contributed by atoms with Crippen molar-refractivity contribution in [3.8, 4) is 0 Å². The second kappa shape index (κ2) is 4.38. The minimum Gasteiger partial charge on any atom is -0.481 e. The zero-order chi connectivity index (χ0) is 8.85. The Morgan fingerprint density at radius 3 is 2.18 bits per heavy atom. The van der Waals surface area contributed by atoms with E-state index >= 15 is 0 Å². The summed E-state index contributed by atoms with van der Waals surface area (Å²) in [5.74, 6) is -2.26. The van der Waals surface area contributed by atoms with Gasteiger partial charge in [0.15, 0.2) is 11.6 Å². The van der Waals surface area contributed by atoms with Crippen LogP contribution >= 0.6 is 0 Å². The molecular formula is C7H8O4. The first-order chi connectivity index (χ1) is 5.06. The van der Waals surface area contributed by atoms with Crippen molar-refractivity contribution in [2.75, 3.05) is 0 Å². The first kappa shape index (κ1) is 9.55. The predicted octanol–water partition coefficient (Wildman–Crippen LogP) is 0.175. The Kier molecular flexibility index (Phi) is 3.80. The van der Waals surface area contributed by atoms with Gasteiger partial charge < -0.3 is 5.11 Å². The number of rotatable bonds is 5. The molecule has 0 rings (SSSR count). The first-order valence-corrected chi connectivity index (χ1v) is 2.95. The van der Waals surface area contributed by atoms with Crippen molar-refractivity contribution in [3.05, 3.63) is 12.7 Å². The largest absolute Gasteiger partial charge is 0.481 e. The van der Waals surface area contributed by atoms with Gasteiger partial charge in [0, 0.05) is 0 Å². The van der Waals surface area contributed by atoms with E-state index in [1.165, 1.54) is 0 Å². The van der Waals surface area contributed by atoms with Gasteiger partial charge >= 0.3 is 5.97 Å². The summed E-state index contributed by atoms with van der Waals surface area (Å²) in [5.41, 5.74) is 0. The summed E-state index contributed by atoms with van der Waals surface area (Å²) in [7, 11) is 0. The zero-order valence-electron chi connectivity index (χ0n) is 5.87. The van der Waals surface area contributed by atoms with E-state index in [4.69, 9.17) is 5.11 Å². The van der Waals surface area contributed by atoms with Crippen LogP contribution in [0.1, 0.15) is 12.8 Å². The maximum absolute atomic E-state index is 10.6. The van der Waals surface area contributed by atoms with Gasteiger partial charge in [0.2, 0.25) is 0 Å². The van der Waals surface area contributed by atoms with Crippen LogP contribution in [0, 0.1) is 0 Å². The van der Waals surface area contributed by atoms with Crippen molar-refractivity contribution >= 4 is 17.5 Å². The Labute approximate surface area is 63.5 Å². The molecule has 0 radical (unpaired) electrons. The molecule has 0 aliphatic heterocycles. The lowest BCUT2D eigenvalue weighted by molar-refractivity contribution is -0.140. The Morgan fingerprint density at radius 1 is 1.27 bits per heavy atom. The van der Waals surface area contributed by atoms with Crippen molar-refractivity contribution in [1.82, 2.24) is 0 Å². The van der Waals surface area contributed by atoms with Crippen LogP contribution in [-0.2, 0) is 14.4 Å². The molecule has 0 aliphatic rings. The summed E-state index contributed by atoms with van der Waals surface area (Å²) in [4.78, 5) is 31.0.